The number of hydrogen-bond acceptors (Lipinski definition) is 7. The minimum Gasteiger partial charge on any atom is -0.377 e. The number of aromatic nitrogens is 2. The topological polar surface area (TPSA) is 84.2 Å². The molecule has 1 aliphatic rings. The molecule has 0 bridgehead atoms. The largest absolute Gasteiger partial charge is 0.377 e. The summed E-state index contributed by atoms with van der Waals surface area (Å²) in [6.07, 6.45) is 2.81. The number of benzene rings is 2. The zero-order valence-corrected chi connectivity index (χ0v) is 17.0. The van der Waals surface area contributed by atoms with E-state index < -0.39 is 0 Å². The van der Waals surface area contributed by atoms with Gasteiger partial charge in [-0.2, -0.15) is 0 Å². The fourth-order valence-electron chi connectivity index (χ4n) is 3.43. The van der Waals surface area contributed by atoms with Gasteiger partial charge in [0.2, 0.25) is 0 Å². The molecule has 0 amide bonds. The molecule has 0 fully saturated rings. The van der Waals surface area contributed by atoms with Crippen molar-refractivity contribution in [3.63, 3.8) is 0 Å². The second-order valence-electron chi connectivity index (χ2n) is 6.93. The molecule has 148 valence electrons. The van der Waals surface area contributed by atoms with Crippen LogP contribution >= 0.6 is 11.8 Å². The number of nitro benzene ring substituents is 1. The summed E-state index contributed by atoms with van der Waals surface area (Å²) in [4.78, 5) is 23.7. The van der Waals surface area contributed by atoms with E-state index in [1.165, 1.54) is 17.8 Å². The maximum Gasteiger partial charge on any atom is 0.283 e. The van der Waals surface area contributed by atoms with Gasteiger partial charge in [-0.1, -0.05) is 36.0 Å². The van der Waals surface area contributed by atoms with Crippen molar-refractivity contribution >= 4 is 29.0 Å². The van der Waals surface area contributed by atoms with E-state index >= 15 is 0 Å². The van der Waals surface area contributed by atoms with E-state index in [1.807, 2.05) is 50.5 Å². The van der Waals surface area contributed by atoms with Crippen LogP contribution in [0.15, 0.2) is 64.5 Å². The molecule has 0 saturated carbocycles. The number of fused-ring (bicyclic) bond motifs is 1. The third-order valence-electron chi connectivity index (χ3n) is 4.91. The number of para-hydroxylation sites is 2. The lowest BCUT2D eigenvalue weighted by atomic mass is 10.0. The molecular weight excluding hydrogens is 386 g/mol. The predicted molar refractivity (Wildman–Crippen MR) is 115 cm³/mol. The van der Waals surface area contributed by atoms with E-state index in [9.17, 15) is 10.1 Å². The number of nitro groups is 1. The average molecular weight is 407 g/mol. The van der Waals surface area contributed by atoms with Gasteiger partial charge in [0.1, 0.15) is 11.6 Å². The van der Waals surface area contributed by atoms with E-state index in [0.717, 1.165) is 40.8 Å². The van der Waals surface area contributed by atoms with Gasteiger partial charge in [0.25, 0.3) is 5.69 Å². The molecule has 1 aliphatic heterocycles. The molecule has 4 rings (SSSR count). The molecule has 1 unspecified atom stereocenters. The van der Waals surface area contributed by atoms with Gasteiger partial charge in [-0.05, 0) is 31.5 Å². The van der Waals surface area contributed by atoms with Crippen LogP contribution in [0.4, 0.5) is 17.2 Å². The second-order valence-corrected chi connectivity index (χ2v) is 8.01. The summed E-state index contributed by atoms with van der Waals surface area (Å²) in [5, 5.41) is 15.0. The summed E-state index contributed by atoms with van der Waals surface area (Å²) in [5.74, 6) is 1.70. The van der Waals surface area contributed by atoms with E-state index in [0.29, 0.717) is 4.90 Å². The monoisotopic (exact) mass is 407 g/mol. The van der Waals surface area contributed by atoms with E-state index in [4.69, 9.17) is 0 Å². The summed E-state index contributed by atoms with van der Waals surface area (Å²) in [7, 11) is 2.04. The van der Waals surface area contributed by atoms with E-state index in [-0.39, 0.29) is 16.7 Å². The first-order valence-electron chi connectivity index (χ1n) is 9.34. The van der Waals surface area contributed by atoms with Crippen molar-refractivity contribution < 1.29 is 4.92 Å². The minimum atomic E-state index is -0.342. The first-order valence-corrected chi connectivity index (χ1v) is 10.2. The second kappa shape index (κ2) is 8.08. The van der Waals surface area contributed by atoms with Crippen LogP contribution in [0.5, 0.6) is 0 Å². The third-order valence-corrected chi connectivity index (χ3v) is 6.05. The standard InChI is InChI=1S/C21H21N5O2S/c1-14-22-13-15-16(11-12-25(2)21(15)23-14)24-17-7-3-5-9-19(17)29-20-10-6-4-8-18(20)26(27)28/h3-10,13,16,24H,11-12H2,1-2H3. The van der Waals surface area contributed by atoms with Crippen LogP contribution in [0.3, 0.4) is 0 Å². The Morgan fingerprint density at radius 1 is 1.17 bits per heavy atom. The Balaban J connectivity index is 1.64. The Bertz CT molecular complexity index is 1060. The molecule has 0 aliphatic carbocycles. The molecular formula is C21H21N5O2S. The highest BCUT2D eigenvalue weighted by Gasteiger charge is 2.26. The SMILES string of the molecule is Cc1ncc2c(n1)N(C)CCC2Nc1ccccc1Sc1ccccc1[N+](=O)[O-]. The zero-order valence-electron chi connectivity index (χ0n) is 16.2. The van der Waals surface area contributed by atoms with Crippen LogP contribution < -0.4 is 10.2 Å². The highest BCUT2D eigenvalue weighted by Crippen LogP contribution is 2.40. The molecule has 3 aromatic rings. The maximum atomic E-state index is 11.4. The van der Waals surface area contributed by atoms with Gasteiger partial charge in [0, 0.05) is 42.0 Å². The Kier molecular flexibility index (Phi) is 5.35. The first kappa shape index (κ1) is 19.2. The molecule has 29 heavy (non-hydrogen) atoms. The molecule has 1 atom stereocenters. The Morgan fingerprint density at radius 2 is 1.90 bits per heavy atom. The van der Waals surface area contributed by atoms with Gasteiger partial charge in [-0.15, -0.1) is 0 Å². The molecule has 0 radical (unpaired) electrons. The summed E-state index contributed by atoms with van der Waals surface area (Å²) in [6, 6.07) is 14.8. The molecule has 0 saturated heterocycles. The van der Waals surface area contributed by atoms with Gasteiger partial charge >= 0.3 is 0 Å². The molecule has 2 heterocycles. The van der Waals surface area contributed by atoms with Gasteiger partial charge in [0.05, 0.1) is 15.9 Å². The predicted octanol–water partition coefficient (Wildman–Crippen LogP) is 4.84. The highest BCUT2D eigenvalue weighted by molar-refractivity contribution is 7.99. The van der Waals surface area contributed by atoms with Crippen molar-refractivity contribution in [2.75, 3.05) is 23.8 Å². The van der Waals surface area contributed by atoms with Gasteiger partial charge in [0.15, 0.2) is 0 Å². The molecule has 2 aromatic carbocycles. The molecule has 1 aromatic heterocycles. The Labute approximate surface area is 173 Å². The number of nitrogens with zero attached hydrogens (tertiary/aromatic N) is 4. The quantitative estimate of drug-likeness (QED) is 0.479. The van der Waals surface area contributed by atoms with Gasteiger partial charge in [-0.3, -0.25) is 10.1 Å². The van der Waals surface area contributed by atoms with Crippen LogP contribution in [0.1, 0.15) is 23.9 Å². The summed E-state index contributed by atoms with van der Waals surface area (Å²) in [5.41, 5.74) is 2.12. The molecule has 7 nitrogen and oxygen atoms in total. The Hall–Kier alpha value is -3.13. The van der Waals surface area contributed by atoms with Crippen LogP contribution in [-0.4, -0.2) is 28.5 Å². The summed E-state index contributed by atoms with van der Waals surface area (Å²) in [6.45, 7) is 2.78. The lowest BCUT2D eigenvalue weighted by molar-refractivity contribution is -0.387. The molecule has 0 spiro atoms. The van der Waals surface area contributed by atoms with Crippen molar-refractivity contribution in [3.8, 4) is 0 Å². The average Bonchev–Trinajstić information content (AvgIpc) is 2.72. The third kappa shape index (κ3) is 4.02. The smallest absolute Gasteiger partial charge is 0.283 e. The minimum absolute atomic E-state index is 0.0781. The fraction of sp³-hybridized carbons (Fsp3) is 0.238. The van der Waals surface area contributed by atoms with E-state index in [2.05, 4.69) is 20.2 Å². The van der Waals surface area contributed by atoms with Gasteiger partial charge < -0.3 is 10.2 Å². The molecule has 1 N–H and O–H groups in total. The fourth-order valence-corrected chi connectivity index (χ4v) is 4.44. The molecule has 8 heteroatoms. The van der Waals surface area contributed by atoms with Crippen molar-refractivity contribution in [1.82, 2.24) is 9.97 Å². The number of rotatable bonds is 5. The Morgan fingerprint density at radius 3 is 2.69 bits per heavy atom. The van der Waals surface area contributed by atoms with Crippen LogP contribution in [0.2, 0.25) is 0 Å². The van der Waals surface area contributed by atoms with Crippen molar-refractivity contribution in [2.24, 2.45) is 0 Å². The number of aryl methyl sites for hydroxylation is 1. The van der Waals surface area contributed by atoms with Crippen LogP contribution in [-0.2, 0) is 0 Å². The van der Waals surface area contributed by atoms with Gasteiger partial charge in [-0.25, -0.2) is 9.97 Å². The van der Waals surface area contributed by atoms with Crippen LogP contribution in [0.25, 0.3) is 0 Å². The number of anilines is 2. The first-order chi connectivity index (χ1) is 14.0. The number of nitrogens with one attached hydrogen (secondary N) is 1. The summed E-state index contributed by atoms with van der Waals surface area (Å²) >= 11 is 1.40. The lowest BCUT2D eigenvalue weighted by Gasteiger charge is -2.33. The summed E-state index contributed by atoms with van der Waals surface area (Å²) < 4.78 is 0. The maximum absolute atomic E-state index is 11.4. The lowest BCUT2D eigenvalue weighted by Crippen LogP contribution is -2.31. The van der Waals surface area contributed by atoms with Crippen molar-refractivity contribution in [2.45, 2.75) is 29.2 Å². The normalized spacial score (nSPS) is 15.7. The van der Waals surface area contributed by atoms with Crippen molar-refractivity contribution in [1.29, 1.82) is 0 Å². The van der Waals surface area contributed by atoms with E-state index in [1.54, 1.807) is 12.1 Å². The zero-order chi connectivity index (χ0) is 20.4. The highest BCUT2D eigenvalue weighted by atomic mass is 32.2. The number of hydrogen-bond donors (Lipinski definition) is 1. The van der Waals surface area contributed by atoms with Crippen molar-refractivity contribution in [3.05, 3.63) is 76.2 Å². The van der Waals surface area contributed by atoms with Crippen LogP contribution in [0, 0.1) is 17.0 Å².